The third-order valence-corrected chi connectivity index (χ3v) is 2.92. The lowest BCUT2D eigenvalue weighted by atomic mass is 9.94. The van der Waals surface area contributed by atoms with Crippen LogP contribution in [0.4, 0.5) is 0 Å². The van der Waals surface area contributed by atoms with Crippen LogP contribution in [-0.2, 0) is 0 Å². The van der Waals surface area contributed by atoms with Crippen LogP contribution >= 0.6 is 0 Å². The molecule has 0 spiro atoms. The Morgan fingerprint density at radius 2 is 2.15 bits per heavy atom. The van der Waals surface area contributed by atoms with Crippen molar-refractivity contribution >= 4 is 0 Å². The first-order valence-corrected chi connectivity index (χ1v) is 5.45. The summed E-state index contributed by atoms with van der Waals surface area (Å²) in [6, 6.07) is 0. The van der Waals surface area contributed by atoms with Gasteiger partial charge in [0.1, 0.15) is 0 Å². The summed E-state index contributed by atoms with van der Waals surface area (Å²) >= 11 is 0. The molecular weight excluding hydrogens is 160 g/mol. The van der Waals surface area contributed by atoms with E-state index in [0.29, 0.717) is 0 Å². The predicted molar refractivity (Wildman–Crippen MR) is 57.7 cm³/mol. The molecule has 0 amide bonds. The van der Waals surface area contributed by atoms with E-state index in [1.54, 1.807) is 0 Å². The molecule has 1 fully saturated rings. The maximum absolute atomic E-state index is 5.94. The Kier molecular flexibility index (Phi) is 3.74. The molecule has 1 heterocycles. The highest BCUT2D eigenvalue weighted by atomic mass is 15.1. The van der Waals surface area contributed by atoms with Crippen molar-refractivity contribution in [2.45, 2.75) is 45.1 Å². The Hall–Kier alpha value is -0.0800. The van der Waals surface area contributed by atoms with Crippen molar-refractivity contribution in [3.8, 4) is 0 Å². The fourth-order valence-electron chi connectivity index (χ4n) is 2.11. The molecular formula is C11H24N2. The minimum Gasteiger partial charge on any atom is -0.326 e. The number of hydrogen-bond acceptors (Lipinski definition) is 2. The Morgan fingerprint density at radius 3 is 2.62 bits per heavy atom. The van der Waals surface area contributed by atoms with Crippen LogP contribution in [0.2, 0.25) is 0 Å². The molecule has 2 nitrogen and oxygen atoms in total. The van der Waals surface area contributed by atoms with Gasteiger partial charge in [-0.05, 0) is 52.6 Å². The first kappa shape index (κ1) is 11.0. The van der Waals surface area contributed by atoms with E-state index >= 15 is 0 Å². The van der Waals surface area contributed by atoms with Crippen LogP contribution in [0.25, 0.3) is 0 Å². The van der Waals surface area contributed by atoms with E-state index in [1.807, 2.05) is 0 Å². The van der Waals surface area contributed by atoms with Crippen LogP contribution in [0, 0.1) is 5.92 Å². The van der Waals surface area contributed by atoms with Gasteiger partial charge in [-0.15, -0.1) is 0 Å². The van der Waals surface area contributed by atoms with Gasteiger partial charge in [-0.1, -0.05) is 6.42 Å². The molecule has 78 valence electrons. The summed E-state index contributed by atoms with van der Waals surface area (Å²) in [6.45, 7) is 6.82. The smallest absolute Gasteiger partial charge is 0.00970 e. The zero-order valence-corrected chi connectivity index (χ0v) is 9.34. The van der Waals surface area contributed by atoms with Gasteiger partial charge in [-0.2, -0.15) is 0 Å². The fraction of sp³-hybridized carbons (Fsp3) is 1.00. The van der Waals surface area contributed by atoms with Crippen molar-refractivity contribution in [1.82, 2.24) is 4.90 Å². The van der Waals surface area contributed by atoms with Gasteiger partial charge >= 0.3 is 0 Å². The number of nitrogens with zero attached hydrogens (tertiary/aromatic N) is 1. The lowest BCUT2D eigenvalue weighted by molar-refractivity contribution is 0.369. The van der Waals surface area contributed by atoms with E-state index in [4.69, 9.17) is 5.73 Å². The monoisotopic (exact) mass is 184 g/mol. The molecule has 0 radical (unpaired) electrons. The number of rotatable bonds is 4. The largest absolute Gasteiger partial charge is 0.326 e. The van der Waals surface area contributed by atoms with E-state index in [0.717, 1.165) is 12.3 Å². The summed E-state index contributed by atoms with van der Waals surface area (Å²) in [5, 5.41) is 0. The van der Waals surface area contributed by atoms with Crippen molar-refractivity contribution < 1.29 is 0 Å². The Labute approximate surface area is 82.5 Å². The number of nitrogens with two attached hydrogens (primary N) is 1. The molecule has 1 saturated heterocycles. The normalized spacial score (nSPS) is 25.4. The molecule has 0 aromatic carbocycles. The molecule has 1 aliphatic heterocycles. The molecule has 1 aliphatic rings. The van der Waals surface area contributed by atoms with Crippen LogP contribution < -0.4 is 5.73 Å². The highest BCUT2D eigenvalue weighted by Gasteiger charge is 2.19. The summed E-state index contributed by atoms with van der Waals surface area (Å²) in [7, 11) is 2.22. The zero-order valence-electron chi connectivity index (χ0n) is 9.34. The average molecular weight is 184 g/mol. The minimum absolute atomic E-state index is 0.0322. The topological polar surface area (TPSA) is 29.3 Å². The van der Waals surface area contributed by atoms with Crippen LogP contribution in [-0.4, -0.2) is 30.6 Å². The average Bonchev–Trinajstić information content (AvgIpc) is 2.33. The summed E-state index contributed by atoms with van der Waals surface area (Å²) in [6.07, 6.45) is 5.21. The van der Waals surface area contributed by atoms with Gasteiger partial charge in [0, 0.05) is 12.1 Å². The second-order valence-electron chi connectivity index (χ2n) is 5.30. The van der Waals surface area contributed by atoms with Gasteiger partial charge < -0.3 is 10.6 Å². The van der Waals surface area contributed by atoms with Crippen molar-refractivity contribution in [2.24, 2.45) is 11.7 Å². The lowest BCUT2D eigenvalue weighted by Gasteiger charge is -2.19. The summed E-state index contributed by atoms with van der Waals surface area (Å²) in [4.78, 5) is 2.43. The molecule has 0 saturated carbocycles. The number of likely N-dealkylation sites (tertiary alicyclic amines) is 1. The van der Waals surface area contributed by atoms with Crippen molar-refractivity contribution in [3.05, 3.63) is 0 Å². The molecule has 13 heavy (non-hydrogen) atoms. The standard InChI is InChI=1S/C11H24N2/c1-11(2,12)7-4-5-10-6-8-13(3)9-10/h10H,4-9,12H2,1-3H3. The highest BCUT2D eigenvalue weighted by Crippen LogP contribution is 2.21. The van der Waals surface area contributed by atoms with Gasteiger partial charge in [-0.25, -0.2) is 0 Å². The minimum atomic E-state index is 0.0322. The van der Waals surface area contributed by atoms with Gasteiger partial charge in [0.25, 0.3) is 0 Å². The van der Waals surface area contributed by atoms with Crippen molar-refractivity contribution in [2.75, 3.05) is 20.1 Å². The van der Waals surface area contributed by atoms with Gasteiger partial charge in [0.15, 0.2) is 0 Å². The van der Waals surface area contributed by atoms with Crippen LogP contribution in [0.15, 0.2) is 0 Å². The summed E-state index contributed by atoms with van der Waals surface area (Å²) < 4.78 is 0. The molecule has 0 aliphatic carbocycles. The molecule has 2 heteroatoms. The zero-order chi connectivity index (χ0) is 9.90. The second-order valence-corrected chi connectivity index (χ2v) is 5.30. The Bertz CT molecular complexity index is 149. The molecule has 1 unspecified atom stereocenters. The second kappa shape index (κ2) is 4.43. The highest BCUT2D eigenvalue weighted by molar-refractivity contribution is 4.76. The van der Waals surface area contributed by atoms with E-state index < -0.39 is 0 Å². The van der Waals surface area contributed by atoms with Crippen LogP contribution in [0.5, 0.6) is 0 Å². The third kappa shape index (κ3) is 4.63. The summed E-state index contributed by atoms with van der Waals surface area (Å²) in [5.74, 6) is 0.937. The SMILES string of the molecule is CN1CCC(CCCC(C)(C)N)C1. The maximum Gasteiger partial charge on any atom is 0.00970 e. The molecule has 1 rings (SSSR count). The van der Waals surface area contributed by atoms with Crippen molar-refractivity contribution in [3.63, 3.8) is 0 Å². The molecule has 0 bridgehead atoms. The van der Waals surface area contributed by atoms with E-state index in [-0.39, 0.29) is 5.54 Å². The molecule has 2 N–H and O–H groups in total. The first-order valence-electron chi connectivity index (χ1n) is 5.45. The molecule has 1 atom stereocenters. The van der Waals surface area contributed by atoms with E-state index in [9.17, 15) is 0 Å². The van der Waals surface area contributed by atoms with E-state index in [1.165, 1.54) is 32.4 Å². The van der Waals surface area contributed by atoms with Gasteiger partial charge in [0.2, 0.25) is 0 Å². The Balaban J connectivity index is 2.07. The van der Waals surface area contributed by atoms with Gasteiger partial charge in [-0.3, -0.25) is 0 Å². The lowest BCUT2D eigenvalue weighted by Crippen LogP contribution is -2.31. The van der Waals surface area contributed by atoms with Gasteiger partial charge in [0.05, 0.1) is 0 Å². The summed E-state index contributed by atoms with van der Waals surface area (Å²) in [5.41, 5.74) is 5.97. The van der Waals surface area contributed by atoms with E-state index in [2.05, 4.69) is 25.8 Å². The van der Waals surface area contributed by atoms with Crippen LogP contribution in [0.1, 0.15) is 39.5 Å². The van der Waals surface area contributed by atoms with Crippen LogP contribution in [0.3, 0.4) is 0 Å². The Morgan fingerprint density at radius 1 is 1.46 bits per heavy atom. The predicted octanol–water partition coefficient (Wildman–Crippen LogP) is 1.85. The third-order valence-electron chi connectivity index (χ3n) is 2.92. The molecule has 0 aromatic heterocycles. The van der Waals surface area contributed by atoms with Crippen molar-refractivity contribution in [1.29, 1.82) is 0 Å². The fourth-order valence-corrected chi connectivity index (χ4v) is 2.11. The first-order chi connectivity index (χ1) is 5.97. The number of hydrogen-bond donors (Lipinski definition) is 1. The quantitative estimate of drug-likeness (QED) is 0.722. The molecule has 0 aromatic rings. The maximum atomic E-state index is 5.94.